The van der Waals surface area contributed by atoms with Crippen molar-refractivity contribution in [2.75, 3.05) is 33.4 Å². The molecule has 0 amide bonds. The first-order valence-electron chi connectivity index (χ1n) is 6.43. The summed E-state index contributed by atoms with van der Waals surface area (Å²) in [6.45, 7) is 3.27. The monoisotopic (exact) mass is 228 g/mol. The van der Waals surface area contributed by atoms with E-state index in [-0.39, 0.29) is 12.6 Å². The predicted octanol–water partition coefficient (Wildman–Crippen LogP) is 0.210. The third-order valence-corrected chi connectivity index (χ3v) is 3.88. The van der Waals surface area contributed by atoms with Crippen molar-refractivity contribution in [1.82, 2.24) is 10.2 Å². The summed E-state index contributed by atoms with van der Waals surface area (Å²) in [5.74, 6) is 0. The van der Waals surface area contributed by atoms with Gasteiger partial charge in [0.2, 0.25) is 0 Å². The van der Waals surface area contributed by atoms with E-state index in [4.69, 9.17) is 4.74 Å². The lowest BCUT2D eigenvalue weighted by molar-refractivity contribution is 0.102. The van der Waals surface area contributed by atoms with Gasteiger partial charge in [-0.15, -0.1) is 0 Å². The van der Waals surface area contributed by atoms with E-state index in [0.717, 1.165) is 6.04 Å². The van der Waals surface area contributed by atoms with Gasteiger partial charge in [-0.1, -0.05) is 0 Å². The number of ether oxygens (including phenoxy) is 1. The molecule has 0 aliphatic carbocycles. The first-order valence-corrected chi connectivity index (χ1v) is 6.43. The summed E-state index contributed by atoms with van der Waals surface area (Å²) in [5, 5.41) is 12.7. The van der Waals surface area contributed by atoms with Crippen molar-refractivity contribution in [3.8, 4) is 0 Å². The summed E-state index contributed by atoms with van der Waals surface area (Å²) in [7, 11) is 1.68. The molecule has 4 nitrogen and oxygen atoms in total. The summed E-state index contributed by atoms with van der Waals surface area (Å²) in [5.41, 5.74) is 0. The van der Waals surface area contributed by atoms with Gasteiger partial charge in [0.1, 0.15) is 0 Å². The van der Waals surface area contributed by atoms with Crippen LogP contribution in [0.25, 0.3) is 0 Å². The Balaban J connectivity index is 1.77. The fourth-order valence-corrected chi connectivity index (χ4v) is 3.06. The molecule has 2 aliphatic rings. The highest BCUT2D eigenvalue weighted by atomic mass is 16.5. The van der Waals surface area contributed by atoms with Gasteiger partial charge in [0.25, 0.3) is 0 Å². The van der Waals surface area contributed by atoms with Crippen LogP contribution in [0.3, 0.4) is 0 Å². The van der Waals surface area contributed by atoms with Gasteiger partial charge in [-0.05, 0) is 38.8 Å². The molecule has 2 heterocycles. The standard InChI is InChI=1S/C12H24N2O2/c1-16-9-11(8-15)13-10-4-6-14-5-2-3-12(14)7-10/h10-13,15H,2-9H2,1H3. The van der Waals surface area contributed by atoms with Crippen molar-refractivity contribution in [3.05, 3.63) is 0 Å². The van der Waals surface area contributed by atoms with E-state index in [1.165, 1.54) is 38.8 Å². The Morgan fingerprint density at radius 1 is 1.44 bits per heavy atom. The third kappa shape index (κ3) is 2.94. The SMILES string of the molecule is COCC(CO)NC1CCN2CCCC2C1. The minimum Gasteiger partial charge on any atom is -0.395 e. The van der Waals surface area contributed by atoms with Crippen LogP contribution in [0.5, 0.6) is 0 Å². The minimum atomic E-state index is 0.1000. The normalized spacial score (nSPS) is 32.6. The van der Waals surface area contributed by atoms with E-state index < -0.39 is 0 Å². The van der Waals surface area contributed by atoms with E-state index in [9.17, 15) is 5.11 Å². The van der Waals surface area contributed by atoms with Crippen molar-refractivity contribution in [3.63, 3.8) is 0 Å². The molecule has 2 saturated heterocycles. The summed E-state index contributed by atoms with van der Waals surface area (Å²) >= 11 is 0. The largest absolute Gasteiger partial charge is 0.395 e. The van der Waals surface area contributed by atoms with E-state index in [1.54, 1.807) is 7.11 Å². The maximum absolute atomic E-state index is 9.22. The van der Waals surface area contributed by atoms with Gasteiger partial charge >= 0.3 is 0 Å². The molecule has 2 rings (SSSR count). The molecule has 94 valence electrons. The molecular weight excluding hydrogens is 204 g/mol. The number of methoxy groups -OCH3 is 1. The van der Waals surface area contributed by atoms with Gasteiger partial charge < -0.3 is 20.1 Å². The van der Waals surface area contributed by atoms with Crippen LogP contribution in [0.1, 0.15) is 25.7 Å². The molecule has 0 saturated carbocycles. The minimum absolute atomic E-state index is 0.1000. The molecule has 16 heavy (non-hydrogen) atoms. The van der Waals surface area contributed by atoms with Gasteiger partial charge in [-0.2, -0.15) is 0 Å². The molecule has 4 heteroatoms. The van der Waals surface area contributed by atoms with Gasteiger partial charge in [0, 0.05) is 19.2 Å². The van der Waals surface area contributed by atoms with Crippen LogP contribution in [0.15, 0.2) is 0 Å². The number of fused-ring (bicyclic) bond motifs is 1. The number of aliphatic hydroxyl groups excluding tert-OH is 1. The Morgan fingerprint density at radius 2 is 2.31 bits per heavy atom. The molecule has 2 aliphatic heterocycles. The van der Waals surface area contributed by atoms with Crippen LogP contribution in [0.4, 0.5) is 0 Å². The Labute approximate surface area is 98.0 Å². The summed E-state index contributed by atoms with van der Waals surface area (Å²) in [6.07, 6.45) is 5.15. The molecule has 0 aromatic carbocycles. The Kier molecular flexibility index (Phi) is 4.58. The zero-order valence-electron chi connectivity index (χ0n) is 10.2. The summed E-state index contributed by atoms with van der Waals surface area (Å²) < 4.78 is 5.09. The van der Waals surface area contributed by atoms with Gasteiger partial charge in [0.15, 0.2) is 0 Å². The van der Waals surface area contributed by atoms with Crippen LogP contribution < -0.4 is 5.32 Å². The lowest BCUT2D eigenvalue weighted by atomic mass is 9.97. The predicted molar refractivity (Wildman–Crippen MR) is 63.5 cm³/mol. The average Bonchev–Trinajstić information content (AvgIpc) is 2.75. The molecule has 3 atom stereocenters. The lowest BCUT2D eigenvalue weighted by Crippen LogP contribution is -2.50. The van der Waals surface area contributed by atoms with E-state index >= 15 is 0 Å². The number of nitrogens with one attached hydrogen (secondary N) is 1. The quantitative estimate of drug-likeness (QED) is 0.706. The number of piperidine rings is 1. The number of hydrogen-bond acceptors (Lipinski definition) is 4. The second kappa shape index (κ2) is 5.96. The maximum atomic E-state index is 9.22. The molecule has 2 fully saturated rings. The zero-order chi connectivity index (χ0) is 11.4. The van der Waals surface area contributed by atoms with Crippen molar-refractivity contribution in [1.29, 1.82) is 0 Å². The van der Waals surface area contributed by atoms with Gasteiger partial charge in [-0.25, -0.2) is 0 Å². The molecule has 0 radical (unpaired) electrons. The summed E-state index contributed by atoms with van der Waals surface area (Å²) in [4.78, 5) is 2.61. The molecule has 3 unspecified atom stereocenters. The highest BCUT2D eigenvalue weighted by Gasteiger charge is 2.32. The lowest BCUT2D eigenvalue weighted by Gasteiger charge is -2.36. The fraction of sp³-hybridized carbons (Fsp3) is 1.00. The average molecular weight is 228 g/mol. The highest BCUT2D eigenvalue weighted by molar-refractivity contribution is 4.90. The van der Waals surface area contributed by atoms with E-state index in [2.05, 4.69) is 10.2 Å². The number of rotatable bonds is 5. The van der Waals surface area contributed by atoms with Crippen molar-refractivity contribution >= 4 is 0 Å². The number of nitrogens with zero attached hydrogens (tertiary/aromatic N) is 1. The number of aliphatic hydroxyl groups is 1. The Morgan fingerprint density at radius 3 is 3.06 bits per heavy atom. The highest BCUT2D eigenvalue weighted by Crippen LogP contribution is 2.26. The zero-order valence-corrected chi connectivity index (χ0v) is 10.2. The van der Waals surface area contributed by atoms with Crippen LogP contribution in [0, 0.1) is 0 Å². The van der Waals surface area contributed by atoms with Crippen molar-refractivity contribution in [2.45, 2.75) is 43.8 Å². The second-order valence-corrected chi connectivity index (χ2v) is 5.05. The molecule has 0 aromatic rings. The fourth-order valence-electron chi connectivity index (χ4n) is 3.06. The first-order chi connectivity index (χ1) is 7.83. The summed E-state index contributed by atoms with van der Waals surface area (Å²) in [6, 6.07) is 1.45. The topological polar surface area (TPSA) is 44.7 Å². The van der Waals surface area contributed by atoms with Crippen LogP contribution in [0.2, 0.25) is 0 Å². The van der Waals surface area contributed by atoms with Crippen molar-refractivity contribution in [2.24, 2.45) is 0 Å². The Bertz CT molecular complexity index is 213. The van der Waals surface area contributed by atoms with E-state index in [1.807, 2.05) is 0 Å². The number of hydrogen-bond donors (Lipinski definition) is 2. The maximum Gasteiger partial charge on any atom is 0.0638 e. The molecule has 0 aromatic heterocycles. The second-order valence-electron chi connectivity index (χ2n) is 5.05. The molecule has 0 bridgehead atoms. The Hall–Kier alpha value is -0.160. The first kappa shape index (κ1) is 12.3. The van der Waals surface area contributed by atoms with Crippen LogP contribution in [-0.4, -0.2) is 61.5 Å². The molecular formula is C12H24N2O2. The van der Waals surface area contributed by atoms with Crippen LogP contribution in [-0.2, 0) is 4.74 Å². The van der Waals surface area contributed by atoms with Crippen LogP contribution >= 0.6 is 0 Å². The van der Waals surface area contributed by atoms with Gasteiger partial charge in [0.05, 0.1) is 19.3 Å². The smallest absolute Gasteiger partial charge is 0.0638 e. The molecule has 0 spiro atoms. The third-order valence-electron chi connectivity index (χ3n) is 3.88. The molecule has 2 N–H and O–H groups in total. The van der Waals surface area contributed by atoms with Gasteiger partial charge in [-0.3, -0.25) is 0 Å². The van der Waals surface area contributed by atoms with E-state index in [0.29, 0.717) is 12.6 Å². The van der Waals surface area contributed by atoms with Crippen molar-refractivity contribution < 1.29 is 9.84 Å².